The van der Waals surface area contributed by atoms with E-state index in [2.05, 4.69) is 19.2 Å². The molecule has 1 unspecified atom stereocenters. The number of carbonyl (C=O) groups is 1. The Labute approximate surface area is 103 Å². The largest absolute Gasteiger partial charge is 0.396 e. The second-order valence-electron chi connectivity index (χ2n) is 4.70. The molecule has 0 aliphatic heterocycles. The van der Waals surface area contributed by atoms with Crippen LogP contribution in [0.4, 0.5) is 5.69 Å². The quantitative estimate of drug-likeness (QED) is 0.745. The van der Waals surface area contributed by atoms with Crippen molar-refractivity contribution in [2.45, 2.75) is 20.8 Å². The Morgan fingerprint density at radius 2 is 2.12 bits per heavy atom. The molecule has 3 nitrogen and oxygen atoms in total. The van der Waals surface area contributed by atoms with Gasteiger partial charge in [0.15, 0.2) is 5.78 Å². The molecule has 17 heavy (non-hydrogen) atoms. The Balaban J connectivity index is 2.62. The van der Waals surface area contributed by atoms with Gasteiger partial charge in [-0.25, -0.2) is 0 Å². The lowest BCUT2D eigenvalue weighted by Gasteiger charge is -2.19. The number of nitrogens with one attached hydrogen (secondary N) is 1. The molecule has 0 heterocycles. The lowest BCUT2D eigenvalue weighted by atomic mass is 9.97. The van der Waals surface area contributed by atoms with Crippen molar-refractivity contribution in [3.8, 4) is 0 Å². The number of benzene rings is 1. The van der Waals surface area contributed by atoms with Crippen LogP contribution in [0.3, 0.4) is 0 Å². The molecule has 1 aromatic rings. The fourth-order valence-corrected chi connectivity index (χ4v) is 1.61. The highest BCUT2D eigenvalue weighted by Gasteiger charge is 2.11. The summed E-state index contributed by atoms with van der Waals surface area (Å²) in [5, 5.41) is 12.5. The number of aliphatic hydroxyl groups is 1. The molecule has 1 aromatic carbocycles. The van der Waals surface area contributed by atoms with Crippen molar-refractivity contribution in [3.63, 3.8) is 0 Å². The summed E-state index contributed by atoms with van der Waals surface area (Å²) in [4.78, 5) is 11.2. The lowest BCUT2D eigenvalue weighted by Crippen LogP contribution is -2.23. The standard InChI is InChI=1S/C14H21NO2/c1-10(2)13(9-16)8-15-14-6-4-5-12(7-14)11(3)17/h4-7,10,13,15-16H,8-9H2,1-3H3. The molecule has 0 aliphatic carbocycles. The average Bonchev–Trinajstić information content (AvgIpc) is 2.29. The minimum absolute atomic E-state index is 0.0659. The van der Waals surface area contributed by atoms with Crippen LogP contribution in [0.1, 0.15) is 31.1 Å². The van der Waals surface area contributed by atoms with E-state index in [1.165, 1.54) is 0 Å². The molecule has 0 amide bonds. The van der Waals surface area contributed by atoms with Crippen LogP contribution in [-0.4, -0.2) is 24.0 Å². The summed E-state index contributed by atoms with van der Waals surface area (Å²) in [5.41, 5.74) is 1.64. The minimum Gasteiger partial charge on any atom is -0.396 e. The first-order chi connectivity index (χ1) is 8.04. The number of ketones is 1. The first kappa shape index (κ1) is 13.7. The van der Waals surface area contributed by atoms with Crippen LogP contribution in [0, 0.1) is 11.8 Å². The Hall–Kier alpha value is -1.35. The predicted octanol–water partition coefficient (Wildman–Crippen LogP) is 2.57. The Kier molecular flexibility index (Phi) is 5.16. The van der Waals surface area contributed by atoms with E-state index in [-0.39, 0.29) is 18.3 Å². The van der Waals surface area contributed by atoms with Gasteiger partial charge in [-0.05, 0) is 25.0 Å². The first-order valence-corrected chi connectivity index (χ1v) is 6.00. The van der Waals surface area contributed by atoms with Gasteiger partial charge in [0.25, 0.3) is 0 Å². The minimum atomic E-state index is 0.0659. The third-order valence-corrected chi connectivity index (χ3v) is 3.01. The fourth-order valence-electron chi connectivity index (χ4n) is 1.61. The van der Waals surface area contributed by atoms with Gasteiger partial charge in [0.2, 0.25) is 0 Å². The summed E-state index contributed by atoms with van der Waals surface area (Å²) in [7, 11) is 0. The molecular formula is C14H21NO2. The van der Waals surface area contributed by atoms with Crippen LogP contribution in [0.5, 0.6) is 0 Å². The summed E-state index contributed by atoms with van der Waals surface area (Å²) in [5.74, 6) is 0.732. The van der Waals surface area contributed by atoms with E-state index in [1.807, 2.05) is 18.2 Å². The third-order valence-electron chi connectivity index (χ3n) is 3.01. The van der Waals surface area contributed by atoms with E-state index >= 15 is 0 Å². The summed E-state index contributed by atoms with van der Waals surface area (Å²) in [6.07, 6.45) is 0. The van der Waals surface area contributed by atoms with Gasteiger partial charge in [0, 0.05) is 30.3 Å². The highest BCUT2D eigenvalue weighted by atomic mass is 16.3. The van der Waals surface area contributed by atoms with E-state index in [0.29, 0.717) is 11.5 Å². The van der Waals surface area contributed by atoms with Crippen molar-refractivity contribution >= 4 is 11.5 Å². The van der Waals surface area contributed by atoms with Crippen molar-refractivity contribution in [2.75, 3.05) is 18.5 Å². The number of Topliss-reactive ketones (excluding diaryl/α,β-unsaturated/α-hetero) is 1. The molecule has 1 atom stereocenters. The summed E-state index contributed by atoms with van der Waals surface area (Å²) < 4.78 is 0. The molecule has 0 saturated heterocycles. The zero-order valence-corrected chi connectivity index (χ0v) is 10.7. The van der Waals surface area contributed by atoms with Gasteiger partial charge in [-0.15, -0.1) is 0 Å². The van der Waals surface area contributed by atoms with Gasteiger partial charge in [-0.3, -0.25) is 4.79 Å². The molecule has 0 aromatic heterocycles. The Morgan fingerprint density at radius 3 is 2.65 bits per heavy atom. The topological polar surface area (TPSA) is 49.3 Å². The van der Waals surface area contributed by atoms with Crippen LogP contribution in [0.15, 0.2) is 24.3 Å². The molecule has 1 rings (SSSR count). The smallest absolute Gasteiger partial charge is 0.159 e. The summed E-state index contributed by atoms with van der Waals surface area (Å²) >= 11 is 0. The van der Waals surface area contributed by atoms with E-state index in [9.17, 15) is 9.90 Å². The maximum absolute atomic E-state index is 11.2. The maximum Gasteiger partial charge on any atom is 0.159 e. The molecule has 3 heteroatoms. The molecule has 94 valence electrons. The van der Waals surface area contributed by atoms with Crippen molar-refractivity contribution in [1.82, 2.24) is 0 Å². The maximum atomic E-state index is 11.2. The third kappa shape index (κ3) is 4.19. The van der Waals surface area contributed by atoms with Crippen LogP contribution in [-0.2, 0) is 0 Å². The molecule has 0 fully saturated rings. The van der Waals surface area contributed by atoms with E-state index < -0.39 is 0 Å². The van der Waals surface area contributed by atoms with Crippen LogP contribution >= 0.6 is 0 Å². The number of aliphatic hydroxyl groups excluding tert-OH is 1. The SMILES string of the molecule is CC(=O)c1cccc(NCC(CO)C(C)C)c1. The first-order valence-electron chi connectivity index (χ1n) is 6.00. The van der Waals surface area contributed by atoms with E-state index in [4.69, 9.17) is 0 Å². The fraction of sp³-hybridized carbons (Fsp3) is 0.500. The summed E-state index contributed by atoms with van der Waals surface area (Å²) in [6.45, 7) is 6.64. The van der Waals surface area contributed by atoms with Gasteiger partial charge < -0.3 is 10.4 Å². The Morgan fingerprint density at radius 1 is 1.41 bits per heavy atom. The molecular weight excluding hydrogens is 214 g/mol. The van der Waals surface area contributed by atoms with Gasteiger partial charge in [-0.2, -0.15) is 0 Å². The number of anilines is 1. The van der Waals surface area contributed by atoms with Gasteiger partial charge in [-0.1, -0.05) is 26.0 Å². The molecule has 2 N–H and O–H groups in total. The molecule has 0 bridgehead atoms. The monoisotopic (exact) mass is 235 g/mol. The Bertz CT molecular complexity index is 374. The van der Waals surface area contributed by atoms with Crippen LogP contribution < -0.4 is 5.32 Å². The lowest BCUT2D eigenvalue weighted by molar-refractivity contribution is 0.101. The van der Waals surface area contributed by atoms with Crippen molar-refractivity contribution in [3.05, 3.63) is 29.8 Å². The molecule has 0 aliphatic rings. The van der Waals surface area contributed by atoms with Gasteiger partial charge in [0.1, 0.15) is 0 Å². The van der Waals surface area contributed by atoms with Crippen LogP contribution in [0.25, 0.3) is 0 Å². The van der Waals surface area contributed by atoms with Crippen molar-refractivity contribution in [2.24, 2.45) is 11.8 Å². The van der Waals surface area contributed by atoms with Gasteiger partial charge in [0.05, 0.1) is 0 Å². The number of rotatable bonds is 6. The normalized spacial score (nSPS) is 12.5. The number of hydrogen-bond acceptors (Lipinski definition) is 3. The van der Waals surface area contributed by atoms with Gasteiger partial charge >= 0.3 is 0 Å². The van der Waals surface area contributed by atoms with Crippen molar-refractivity contribution < 1.29 is 9.90 Å². The zero-order chi connectivity index (χ0) is 12.8. The van der Waals surface area contributed by atoms with E-state index in [0.717, 1.165) is 12.2 Å². The second kappa shape index (κ2) is 6.40. The van der Waals surface area contributed by atoms with E-state index in [1.54, 1.807) is 13.0 Å². The molecule has 0 radical (unpaired) electrons. The predicted molar refractivity (Wildman–Crippen MR) is 70.4 cm³/mol. The average molecular weight is 235 g/mol. The summed E-state index contributed by atoms with van der Waals surface area (Å²) in [6, 6.07) is 7.44. The highest BCUT2D eigenvalue weighted by molar-refractivity contribution is 5.94. The highest BCUT2D eigenvalue weighted by Crippen LogP contribution is 2.14. The number of carbonyl (C=O) groups excluding carboxylic acids is 1. The molecule has 0 saturated carbocycles. The molecule has 0 spiro atoms. The van der Waals surface area contributed by atoms with Crippen LogP contribution in [0.2, 0.25) is 0 Å². The van der Waals surface area contributed by atoms with Crippen molar-refractivity contribution in [1.29, 1.82) is 0 Å². The number of hydrogen-bond donors (Lipinski definition) is 2. The second-order valence-corrected chi connectivity index (χ2v) is 4.70. The zero-order valence-electron chi connectivity index (χ0n) is 10.7.